The monoisotopic (exact) mass is 457 g/mol. The summed E-state index contributed by atoms with van der Waals surface area (Å²) in [7, 11) is 1.33. The zero-order valence-electron chi connectivity index (χ0n) is 15.8. The van der Waals surface area contributed by atoms with E-state index in [4.69, 9.17) is 9.15 Å². The number of carbonyl (C=O) groups excluding carboxylic acids is 2. The average molecular weight is 458 g/mol. The normalized spacial score (nSPS) is 11.0. The lowest BCUT2D eigenvalue weighted by Gasteiger charge is -2.18. The third kappa shape index (κ3) is 5.26. The molecule has 0 radical (unpaired) electrons. The van der Waals surface area contributed by atoms with Gasteiger partial charge in [-0.15, -0.1) is 0 Å². The van der Waals surface area contributed by atoms with Gasteiger partial charge in [-0.05, 0) is 30.3 Å². The minimum atomic E-state index is -0.406. The first kappa shape index (κ1) is 20.7. The summed E-state index contributed by atoms with van der Waals surface area (Å²) in [6, 6.07) is 16.0. The number of benzene rings is 2. The number of esters is 1. The highest BCUT2D eigenvalue weighted by molar-refractivity contribution is 9.09. The van der Waals surface area contributed by atoms with Crippen LogP contribution in [0.5, 0.6) is 5.75 Å². The Balaban J connectivity index is 1.71. The molecule has 0 aliphatic rings. The van der Waals surface area contributed by atoms with Crippen molar-refractivity contribution in [1.29, 1.82) is 0 Å². The zero-order valence-corrected chi connectivity index (χ0v) is 17.4. The Hall–Kier alpha value is -3.06. The Morgan fingerprint density at radius 1 is 1.14 bits per heavy atom. The Morgan fingerprint density at radius 2 is 1.90 bits per heavy atom. The Kier molecular flexibility index (Phi) is 7.08. The summed E-state index contributed by atoms with van der Waals surface area (Å²) in [5.74, 6) is 0.440. The molecule has 0 aliphatic carbocycles. The van der Waals surface area contributed by atoms with Crippen molar-refractivity contribution in [3.63, 3.8) is 0 Å². The fourth-order valence-corrected chi connectivity index (χ4v) is 2.91. The van der Waals surface area contributed by atoms with E-state index in [0.29, 0.717) is 34.7 Å². The molecule has 0 spiro atoms. The predicted octanol–water partition coefficient (Wildman–Crippen LogP) is 4.58. The number of allylic oxidation sites excluding steroid dienone is 1. The largest absolute Gasteiger partial charge is 0.492 e. The summed E-state index contributed by atoms with van der Waals surface area (Å²) in [5.41, 5.74) is 1.16. The molecule has 3 rings (SSSR count). The van der Waals surface area contributed by atoms with Crippen molar-refractivity contribution >= 4 is 44.7 Å². The van der Waals surface area contributed by atoms with Gasteiger partial charge in [0.05, 0.1) is 19.2 Å². The Morgan fingerprint density at radius 3 is 2.59 bits per heavy atom. The smallest absolute Gasteiger partial charge is 0.337 e. The highest BCUT2D eigenvalue weighted by Crippen LogP contribution is 2.26. The summed E-state index contributed by atoms with van der Waals surface area (Å²) in [6.07, 6.45) is 3.22. The first-order valence-corrected chi connectivity index (χ1v) is 10.1. The molecular weight excluding hydrogens is 438 g/mol. The first-order valence-electron chi connectivity index (χ1n) is 8.96. The topological polar surface area (TPSA) is 69.0 Å². The number of hydrogen-bond donors (Lipinski definition) is 0. The van der Waals surface area contributed by atoms with Crippen molar-refractivity contribution in [2.45, 2.75) is 0 Å². The fraction of sp³-hybridized carbons (Fsp3) is 0.182. The average Bonchev–Trinajstić information content (AvgIpc) is 3.18. The van der Waals surface area contributed by atoms with E-state index < -0.39 is 5.97 Å². The van der Waals surface area contributed by atoms with E-state index in [1.54, 1.807) is 30.3 Å². The summed E-state index contributed by atoms with van der Waals surface area (Å²) in [4.78, 5) is 25.6. The number of alkyl halides is 1. The van der Waals surface area contributed by atoms with Crippen LogP contribution in [0, 0.1) is 0 Å². The molecule has 0 bridgehead atoms. The summed E-state index contributed by atoms with van der Waals surface area (Å²) in [6.45, 7) is 0.548. The summed E-state index contributed by atoms with van der Waals surface area (Å²) < 4.78 is 16.3. The quantitative estimate of drug-likeness (QED) is 0.281. The Labute approximate surface area is 176 Å². The molecule has 7 heteroatoms. The molecule has 1 heterocycles. The number of hydrogen-bond acceptors (Lipinski definition) is 5. The third-order valence-corrected chi connectivity index (χ3v) is 4.53. The van der Waals surface area contributed by atoms with Gasteiger partial charge in [0.15, 0.2) is 0 Å². The molecule has 6 nitrogen and oxygen atoms in total. The van der Waals surface area contributed by atoms with Gasteiger partial charge < -0.3 is 13.9 Å². The number of anilines is 1. The molecule has 0 fully saturated rings. The SMILES string of the molecule is COC(=O)c1ccc(OCCN(C(=O)/C=C/CBr)c2cc3ccccc3o2)cc1. The second-order valence-electron chi connectivity index (χ2n) is 6.03. The molecule has 1 aromatic heterocycles. The van der Waals surface area contributed by atoms with E-state index in [9.17, 15) is 9.59 Å². The van der Waals surface area contributed by atoms with Crippen molar-refractivity contribution in [2.24, 2.45) is 0 Å². The Bertz CT molecular complexity index is 976. The van der Waals surface area contributed by atoms with Crippen LogP contribution in [0.1, 0.15) is 10.4 Å². The second-order valence-corrected chi connectivity index (χ2v) is 6.68. The van der Waals surface area contributed by atoms with Crippen molar-refractivity contribution in [1.82, 2.24) is 0 Å². The van der Waals surface area contributed by atoms with Crippen LogP contribution in [-0.2, 0) is 9.53 Å². The number of carbonyl (C=O) groups is 2. The molecule has 3 aromatic rings. The number of nitrogens with zero attached hydrogens (tertiary/aromatic N) is 1. The van der Waals surface area contributed by atoms with Gasteiger partial charge in [0.25, 0.3) is 5.91 Å². The molecule has 2 aromatic carbocycles. The van der Waals surface area contributed by atoms with Crippen molar-refractivity contribution in [3.05, 3.63) is 72.3 Å². The molecular formula is C22H20BrNO5. The van der Waals surface area contributed by atoms with Gasteiger partial charge in [0, 0.05) is 22.9 Å². The molecule has 0 unspecified atom stereocenters. The number of para-hydroxylation sites is 1. The molecule has 0 aliphatic heterocycles. The molecule has 0 saturated carbocycles. The number of furan rings is 1. The van der Waals surface area contributed by atoms with Gasteiger partial charge in [0.2, 0.25) is 5.88 Å². The van der Waals surface area contributed by atoms with E-state index in [2.05, 4.69) is 20.7 Å². The van der Waals surface area contributed by atoms with Gasteiger partial charge in [-0.1, -0.05) is 40.2 Å². The highest BCUT2D eigenvalue weighted by atomic mass is 79.9. The second kappa shape index (κ2) is 9.93. The van der Waals surface area contributed by atoms with Gasteiger partial charge in [0.1, 0.15) is 17.9 Å². The lowest BCUT2D eigenvalue weighted by atomic mass is 10.2. The predicted molar refractivity (Wildman–Crippen MR) is 115 cm³/mol. The van der Waals surface area contributed by atoms with Crippen molar-refractivity contribution in [2.75, 3.05) is 30.5 Å². The summed E-state index contributed by atoms with van der Waals surface area (Å²) in [5, 5.41) is 1.50. The number of halogens is 1. The van der Waals surface area contributed by atoms with Gasteiger partial charge in [-0.25, -0.2) is 4.79 Å². The maximum atomic E-state index is 12.6. The first-order chi connectivity index (χ1) is 14.1. The molecule has 0 saturated heterocycles. The van der Waals surface area contributed by atoms with Crippen LogP contribution in [-0.4, -0.2) is 37.5 Å². The van der Waals surface area contributed by atoms with Crippen LogP contribution >= 0.6 is 15.9 Å². The van der Waals surface area contributed by atoms with E-state index in [0.717, 1.165) is 5.39 Å². The molecule has 29 heavy (non-hydrogen) atoms. The van der Waals surface area contributed by atoms with Gasteiger partial charge in [-0.3, -0.25) is 9.69 Å². The van der Waals surface area contributed by atoms with Gasteiger partial charge in [-0.2, -0.15) is 0 Å². The van der Waals surface area contributed by atoms with Crippen LogP contribution < -0.4 is 9.64 Å². The number of methoxy groups -OCH3 is 1. The summed E-state index contributed by atoms with van der Waals surface area (Å²) >= 11 is 3.28. The van der Waals surface area contributed by atoms with E-state index in [-0.39, 0.29) is 12.5 Å². The van der Waals surface area contributed by atoms with E-state index in [1.807, 2.05) is 30.3 Å². The third-order valence-electron chi connectivity index (χ3n) is 4.15. The van der Waals surface area contributed by atoms with E-state index in [1.165, 1.54) is 18.1 Å². The van der Waals surface area contributed by atoms with Crippen molar-refractivity contribution < 1.29 is 23.5 Å². The van der Waals surface area contributed by atoms with Crippen LogP contribution in [0.15, 0.2) is 71.2 Å². The molecule has 0 atom stereocenters. The zero-order chi connectivity index (χ0) is 20.6. The van der Waals surface area contributed by atoms with Crippen LogP contribution in [0.3, 0.4) is 0 Å². The maximum Gasteiger partial charge on any atom is 0.337 e. The minimum Gasteiger partial charge on any atom is -0.492 e. The minimum absolute atomic E-state index is 0.201. The lowest BCUT2D eigenvalue weighted by molar-refractivity contribution is -0.114. The molecule has 0 N–H and O–H groups in total. The number of rotatable bonds is 8. The highest BCUT2D eigenvalue weighted by Gasteiger charge is 2.18. The number of amides is 1. The number of ether oxygens (including phenoxy) is 2. The van der Waals surface area contributed by atoms with E-state index >= 15 is 0 Å². The lowest BCUT2D eigenvalue weighted by Crippen LogP contribution is -2.33. The van der Waals surface area contributed by atoms with Crippen molar-refractivity contribution in [3.8, 4) is 5.75 Å². The van der Waals surface area contributed by atoms with Crippen LogP contribution in [0.4, 0.5) is 5.88 Å². The van der Waals surface area contributed by atoms with Gasteiger partial charge >= 0.3 is 5.97 Å². The maximum absolute atomic E-state index is 12.6. The fourth-order valence-electron chi connectivity index (χ4n) is 2.73. The number of fused-ring (bicyclic) bond motifs is 1. The van der Waals surface area contributed by atoms with Crippen LogP contribution in [0.25, 0.3) is 11.0 Å². The molecule has 150 valence electrons. The standard InChI is InChI=1S/C22H20BrNO5/c1-27-22(26)16-8-10-18(11-9-16)28-14-13-24(20(25)7-4-12-23)21-15-17-5-2-3-6-19(17)29-21/h2-11,15H,12-14H2,1H3/b7-4+. The molecule has 1 amide bonds. The van der Waals surface area contributed by atoms with Crippen LogP contribution in [0.2, 0.25) is 0 Å².